The summed E-state index contributed by atoms with van der Waals surface area (Å²) in [6.07, 6.45) is 3.84. The summed E-state index contributed by atoms with van der Waals surface area (Å²) >= 11 is 0. The van der Waals surface area contributed by atoms with Gasteiger partial charge >= 0.3 is 0 Å². The van der Waals surface area contributed by atoms with E-state index in [4.69, 9.17) is 0 Å². The van der Waals surface area contributed by atoms with Crippen molar-refractivity contribution in [3.05, 3.63) is 0 Å². The van der Waals surface area contributed by atoms with E-state index in [0.717, 1.165) is 13.1 Å². The fourth-order valence-corrected chi connectivity index (χ4v) is 2.18. The van der Waals surface area contributed by atoms with Crippen LogP contribution in [0.1, 0.15) is 26.2 Å². The van der Waals surface area contributed by atoms with Gasteiger partial charge in [0.15, 0.2) is 0 Å². The van der Waals surface area contributed by atoms with Crippen molar-refractivity contribution >= 4 is 0 Å². The SMILES string of the molecule is CCCC(CC1CNCCN1C)NC. The first-order valence-corrected chi connectivity index (χ1v) is 5.86. The zero-order valence-electron chi connectivity index (χ0n) is 9.84. The smallest absolute Gasteiger partial charge is 0.0232 e. The van der Waals surface area contributed by atoms with Crippen LogP contribution in [-0.2, 0) is 0 Å². The third-order valence-electron chi connectivity index (χ3n) is 3.25. The van der Waals surface area contributed by atoms with Crippen molar-refractivity contribution in [1.29, 1.82) is 0 Å². The molecule has 1 aliphatic heterocycles. The maximum absolute atomic E-state index is 3.47. The van der Waals surface area contributed by atoms with E-state index < -0.39 is 0 Å². The van der Waals surface area contributed by atoms with Gasteiger partial charge in [0.2, 0.25) is 0 Å². The van der Waals surface area contributed by atoms with Crippen LogP contribution in [0.4, 0.5) is 0 Å². The van der Waals surface area contributed by atoms with E-state index >= 15 is 0 Å². The predicted molar refractivity (Wildman–Crippen MR) is 61.7 cm³/mol. The summed E-state index contributed by atoms with van der Waals surface area (Å²) < 4.78 is 0. The number of hydrogen-bond donors (Lipinski definition) is 2. The van der Waals surface area contributed by atoms with Gasteiger partial charge in [0.1, 0.15) is 0 Å². The molecule has 14 heavy (non-hydrogen) atoms. The molecule has 0 aromatic heterocycles. The van der Waals surface area contributed by atoms with Gasteiger partial charge < -0.3 is 15.5 Å². The second-order valence-electron chi connectivity index (χ2n) is 4.35. The summed E-state index contributed by atoms with van der Waals surface area (Å²) in [4.78, 5) is 2.48. The van der Waals surface area contributed by atoms with E-state index in [0.29, 0.717) is 12.1 Å². The van der Waals surface area contributed by atoms with Gasteiger partial charge in [-0.1, -0.05) is 13.3 Å². The molecule has 84 valence electrons. The van der Waals surface area contributed by atoms with E-state index in [2.05, 4.69) is 36.6 Å². The molecule has 0 aliphatic carbocycles. The van der Waals surface area contributed by atoms with Crippen molar-refractivity contribution in [3.63, 3.8) is 0 Å². The molecule has 0 saturated carbocycles. The largest absolute Gasteiger partial charge is 0.317 e. The highest BCUT2D eigenvalue weighted by molar-refractivity contribution is 4.81. The van der Waals surface area contributed by atoms with Crippen LogP contribution < -0.4 is 10.6 Å². The van der Waals surface area contributed by atoms with Crippen molar-refractivity contribution in [3.8, 4) is 0 Å². The Balaban J connectivity index is 2.31. The van der Waals surface area contributed by atoms with Crippen molar-refractivity contribution in [2.24, 2.45) is 0 Å². The van der Waals surface area contributed by atoms with Crippen LogP contribution in [0.3, 0.4) is 0 Å². The van der Waals surface area contributed by atoms with Crippen molar-refractivity contribution in [2.75, 3.05) is 33.7 Å². The maximum Gasteiger partial charge on any atom is 0.0232 e. The lowest BCUT2D eigenvalue weighted by Crippen LogP contribution is -2.51. The van der Waals surface area contributed by atoms with E-state index in [9.17, 15) is 0 Å². The monoisotopic (exact) mass is 199 g/mol. The predicted octanol–water partition coefficient (Wildman–Crippen LogP) is 0.668. The van der Waals surface area contributed by atoms with Crippen molar-refractivity contribution in [2.45, 2.75) is 38.3 Å². The Morgan fingerprint density at radius 3 is 2.93 bits per heavy atom. The minimum absolute atomic E-state index is 0.687. The zero-order valence-corrected chi connectivity index (χ0v) is 9.84. The van der Waals surface area contributed by atoms with Gasteiger partial charge in [-0.05, 0) is 26.9 Å². The van der Waals surface area contributed by atoms with Gasteiger partial charge in [-0.3, -0.25) is 0 Å². The highest BCUT2D eigenvalue weighted by Crippen LogP contribution is 2.10. The topological polar surface area (TPSA) is 27.3 Å². The van der Waals surface area contributed by atoms with E-state index in [1.54, 1.807) is 0 Å². The fourth-order valence-electron chi connectivity index (χ4n) is 2.18. The minimum Gasteiger partial charge on any atom is -0.317 e. The number of piperazine rings is 1. The van der Waals surface area contributed by atoms with Crippen LogP contribution in [0.15, 0.2) is 0 Å². The molecule has 1 rings (SSSR count). The highest BCUT2D eigenvalue weighted by Gasteiger charge is 2.21. The normalized spacial score (nSPS) is 26.4. The van der Waals surface area contributed by atoms with E-state index in [1.807, 2.05) is 0 Å². The Labute approximate surface area is 88.2 Å². The average molecular weight is 199 g/mol. The Morgan fingerprint density at radius 1 is 1.57 bits per heavy atom. The first-order chi connectivity index (χ1) is 6.77. The Morgan fingerprint density at radius 2 is 2.36 bits per heavy atom. The summed E-state index contributed by atoms with van der Waals surface area (Å²) in [6.45, 7) is 5.74. The molecule has 0 bridgehead atoms. The number of likely N-dealkylation sites (N-methyl/N-ethyl adjacent to an activating group) is 1. The molecule has 2 N–H and O–H groups in total. The third-order valence-corrected chi connectivity index (χ3v) is 3.25. The molecular weight excluding hydrogens is 174 g/mol. The van der Waals surface area contributed by atoms with Gasteiger partial charge in [0, 0.05) is 31.7 Å². The maximum atomic E-state index is 3.47. The molecule has 1 saturated heterocycles. The van der Waals surface area contributed by atoms with Crippen LogP contribution in [0.25, 0.3) is 0 Å². The summed E-state index contributed by atoms with van der Waals surface area (Å²) in [7, 11) is 4.32. The first-order valence-electron chi connectivity index (χ1n) is 5.86. The second-order valence-corrected chi connectivity index (χ2v) is 4.35. The lowest BCUT2D eigenvalue weighted by Gasteiger charge is -2.35. The number of nitrogens with one attached hydrogen (secondary N) is 2. The molecule has 2 unspecified atom stereocenters. The molecule has 0 aromatic carbocycles. The molecule has 1 fully saturated rings. The van der Waals surface area contributed by atoms with E-state index in [-0.39, 0.29) is 0 Å². The van der Waals surface area contributed by atoms with Crippen LogP contribution in [-0.4, -0.2) is 50.7 Å². The van der Waals surface area contributed by atoms with Crippen molar-refractivity contribution in [1.82, 2.24) is 15.5 Å². The van der Waals surface area contributed by atoms with Gasteiger partial charge in [0.05, 0.1) is 0 Å². The van der Waals surface area contributed by atoms with Crippen LogP contribution >= 0.6 is 0 Å². The van der Waals surface area contributed by atoms with Crippen molar-refractivity contribution < 1.29 is 0 Å². The third kappa shape index (κ3) is 3.56. The quantitative estimate of drug-likeness (QED) is 0.681. The summed E-state index contributed by atoms with van der Waals surface area (Å²) in [5.41, 5.74) is 0. The zero-order chi connectivity index (χ0) is 10.4. The van der Waals surface area contributed by atoms with Crippen LogP contribution in [0.2, 0.25) is 0 Å². The van der Waals surface area contributed by atoms with Gasteiger partial charge in [0.25, 0.3) is 0 Å². The van der Waals surface area contributed by atoms with Crippen LogP contribution in [0, 0.1) is 0 Å². The standard InChI is InChI=1S/C11H25N3/c1-4-5-10(12-2)8-11-9-13-6-7-14(11)3/h10-13H,4-9H2,1-3H3. The number of hydrogen-bond acceptors (Lipinski definition) is 3. The Hall–Kier alpha value is -0.120. The molecule has 0 spiro atoms. The Bertz CT molecular complexity index is 149. The van der Waals surface area contributed by atoms with Gasteiger partial charge in [-0.25, -0.2) is 0 Å². The first kappa shape index (κ1) is 12.0. The molecule has 3 nitrogen and oxygen atoms in total. The lowest BCUT2D eigenvalue weighted by molar-refractivity contribution is 0.176. The van der Waals surface area contributed by atoms with E-state index in [1.165, 1.54) is 25.8 Å². The number of rotatable bonds is 5. The molecule has 0 amide bonds. The molecule has 0 aromatic rings. The van der Waals surface area contributed by atoms with Gasteiger partial charge in [-0.2, -0.15) is 0 Å². The fraction of sp³-hybridized carbons (Fsp3) is 1.00. The Kier molecular flexibility index (Phi) is 5.45. The van der Waals surface area contributed by atoms with Crippen LogP contribution in [0.5, 0.6) is 0 Å². The highest BCUT2D eigenvalue weighted by atomic mass is 15.2. The summed E-state index contributed by atoms with van der Waals surface area (Å²) in [5, 5.41) is 6.88. The summed E-state index contributed by atoms with van der Waals surface area (Å²) in [5.74, 6) is 0. The molecule has 2 atom stereocenters. The second kappa shape index (κ2) is 6.38. The molecule has 1 heterocycles. The summed E-state index contributed by atoms with van der Waals surface area (Å²) in [6, 6.07) is 1.40. The van der Waals surface area contributed by atoms with Gasteiger partial charge in [-0.15, -0.1) is 0 Å². The molecular formula is C11H25N3. The molecule has 3 heteroatoms. The lowest BCUT2D eigenvalue weighted by atomic mass is 10.0. The molecule has 0 radical (unpaired) electrons. The average Bonchev–Trinajstić information content (AvgIpc) is 2.20. The molecule has 1 aliphatic rings. The minimum atomic E-state index is 0.687. The number of nitrogens with zero attached hydrogens (tertiary/aromatic N) is 1.